The van der Waals surface area contributed by atoms with Gasteiger partial charge in [0.05, 0.1) is 20.4 Å². The molecule has 1 unspecified atom stereocenters. The number of rotatable bonds is 6. The van der Waals surface area contributed by atoms with Gasteiger partial charge in [0.1, 0.15) is 17.5 Å². The lowest BCUT2D eigenvalue weighted by Crippen LogP contribution is -2.11. The van der Waals surface area contributed by atoms with Crippen molar-refractivity contribution in [2.24, 2.45) is 0 Å². The smallest absolute Gasteiger partial charge is 0.163 e. The monoisotopic (exact) mass is 290 g/mol. The van der Waals surface area contributed by atoms with E-state index in [2.05, 4.69) is 12.0 Å². The predicted octanol–water partition coefficient (Wildman–Crippen LogP) is 2.70. The zero-order valence-corrected chi connectivity index (χ0v) is 13.0. The molecule has 0 aliphatic rings. The molecule has 1 N–H and O–H groups in total. The Balaban J connectivity index is 2.41. The lowest BCUT2D eigenvalue weighted by atomic mass is 10.0. The van der Waals surface area contributed by atoms with Crippen LogP contribution in [0.25, 0.3) is 0 Å². The number of nitrogens with zero attached hydrogens (tertiary/aromatic N) is 2. The molecule has 1 heterocycles. The molecule has 0 amide bonds. The lowest BCUT2D eigenvalue weighted by molar-refractivity contribution is 0.201. The summed E-state index contributed by atoms with van der Waals surface area (Å²) >= 11 is 0. The molecule has 1 aromatic carbocycles. The van der Waals surface area contributed by atoms with E-state index in [1.165, 1.54) is 0 Å². The van der Waals surface area contributed by atoms with E-state index >= 15 is 0 Å². The van der Waals surface area contributed by atoms with Gasteiger partial charge in [-0.2, -0.15) is 5.10 Å². The van der Waals surface area contributed by atoms with E-state index in [9.17, 15) is 5.11 Å². The molecule has 1 atom stereocenters. The molecule has 0 fully saturated rings. The summed E-state index contributed by atoms with van der Waals surface area (Å²) in [6.45, 7) is 4.77. The molecule has 0 radical (unpaired) electrons. The third-order valence-corrected chi connectivity index (χ3v) is 3.49. The van der Waals surface area contributed by atoms with Crippen molar-refractivity contribution in [1.29, 1.82) is 0 Å². The molecule has 0 aliphatic carbocycles. The van der Waals surface area contributed by atoms with E-state index in [1.54, 1.807) is 25.1 Å². The molecule has 0 aliphatic heterocycles. The summed E-state index contributed by atoms with van der Waals surface area (Å²) in [5, 5.41) is 15.0. The Morgan fingerprint density at radius 3 is 2.52 bits per heavy atom. The van der Waals surface area contributed by atoms with Crippen LogP contribution >= 0.6 is 0 Å². The summed E-state index contributed by atoms with van der Waals surface area (Å²) in [7, 11) is 3.22. The standard InChI is InChI=1S/C16H22N2O3/c1-5-8-18-15(14(21-4)10-17-18)16(19)12-6-7-13(20-3)11(2)9-12/h6-7,9-10,16,19H,5,8H2,1-4H3. The van der Waals surface area contributed by atoms with Crippen LogP contribution in [0.1, 0.15) is 36.3 Å². The maximum absolute atomic E-state index is 10.7. The number of aryl methyl sites for hydroxylation is 2. The van der Waals surface area contributed by atoms with Crippen LogP contribution < -0.4 is 9.47 Å². The van der Waals surface area contributed by atoms with Gasteiger partial charge in [0.2, 0.25) is 0 Å². The van der Waals surface area contributed by atoms with Crippen LogP contribution in [0.15, 0.2) is 24.4 Å². The Hall–Kier alpha value is -2.01. The van der Waals surface area contributed by atoms with Gasteiger partial charge in [0.15, 0.2) is 5.75 Å². The maximum Gasteiger partial charge on any atom is 0.163 e. The minimum Gasteiger partial charge on any atom is -0.496 e. The van der Waals surface area contributed by atoms with Gasteiger partial charge in [-0.3, -0.25) is 4.68 Å². The summed E-state index contributed by atoms with van der Waals surface area (Å²) in [6, 6.07) is 5.65. The van der Waals surface area contributed by atoms with E-state index < -0.39 is 6.10 Å². The van der Waals surface area contributed by atoms with Gasteiger partial charge in [0, 0.05) is 6.54 Å². The fourth-order valence-corrected chi connectivity index (χ4v) is 2.43. The summed E-state index contributed by atoms with van der Waals surface area (Å²) in [5.41, 5.74) is 2.46. The first-order valence-corrected chi connectivity index (χ1v) is 7.04. The first-order chi connectivity index (χ1) is 10.1. The highest BCUT2D eigenvalue weighted by atomic mass is 16.5. The zero-order valence-electron chi connectivity index (χ0n) is 13.0. The Labute approximate surface area is 125 Å². The molecule has 1 aromatic heterocycles. The average molecular weight is 290 g/mol. The van der Waals surface area contributed by atoms with Crippen LogP contribution in [0.3, 0.4) is 0 Å². The predicted molar refractivity (Wildman–Crippen MR) is 80.9 cm³/mol. The third kappa shape index (κ3) is 3.03. The number of aromatic nitrogens is 2. The first kappa shape index (κ1) is 15.4. The molecule has 0 saturated heterocycles. The van der Waals surface area contributed by atoms with Crippen LogP contribution in [0.4, 0.5) is 0 Å². The molecule has 2 rings (SSSR count). The number of aliphatic hydroxyl groups excluding tert-OH is 1. The number of methoxy groups -OCH3 is 2. The van der Waals surface area contributed by atoms with Crippen LogP contribution in [0.2, 0.25) is 0 Å². The van der Waals surface area contributed by atoms with Gasteiger partial charge in [-0.25, -0.2) is 0 Å². The van der Waals surface area contributed by atoms with Crippen molar-refractivity contribution in [3.05, 3.63) is 41.2 Å². The Morgan fingerprint density at radius 2 is 1.95 bits per heavy atom. The molecule has 5 nitrogen and oxygen atoms in total. The van der Waals surface area contributed by atoms with Crippen molar-refractivity contribution in [3.8, 4) is 11.5 Å². The minimum absolute atomic E-state index is 0.601. The number of hydrogen-bond donors (Lipinski definition) is 1. The van der Waals surface area contributed by atoms with Crippen LogP contribution in [-0.2, 0) is 6.54 Å². The Bertz CT molecular complexity index is 608. The van der Waals surface area contributed by atoms with E-state index in [1.807, 2.05) is 25.1 Å². The van der Waals surface area contributed by atoms with Crippen LogP contribution in [-0.4, -0.2) is 29.1 Å². The number of benzene rings is 1. The van der Waals surface area contributed by atoms with Crippen molar-refractivity contribution in [3.63, 3.8) is 0 Å². The second-order valence-corrected chi connectivity index (χ2v) is 4.95. The van der Waals surface area contributed by atoms with E-state index in [0.29, 0.717) is 11.4 Å². The molecule has 5 heteroatoms. The van der Waals surface area contributed by atoms with Gasteiger partial charge in [-0.05, 0) is 36.6 Å². The second-order valence-electron chi connectivity index (χ2n) is 4.95. The quantitative estimate of drug-likeness (QED) is 0.888. The van der Waals surface area contributed by atoms with Gasteiger partial charge in [-0.15, -0.1) is 0 Å². The normalized spacial score (nSPS) is 12.2. The fourth-order valence-electron chi connectivity index (χ4n) is 2.43. The number of ether oxygens (including phenoxy) is 2. The van der Waals surface area contributed by atoms with Gasteiger partial charge in [-0.1, -0.05) is 13.0 Å². The number of aliphatic hydroxyl groups is 1. The van der Waals surface area contributed by atoms with Crippen molar-refractivity contribution >= 4 is 0 Å². The van der Waals surface area contributed by atoms with E-state index in [4.69, 9.17) is 9.47 Å². The summed E-state index contributed by atoms with van der Waals surface area (Å²) in [5.74, 6) is 1.41. The molecule has 2 aromatic rings. The topological polar surface area (TPSA) is 56.5 Å². The summed E-state index contributed by atoms with van der Waals surface area (Å²) in [4.78, 5) is 0. The van der Waals surface area contributed by atoms with Crippen molar-refractivity contribution in [2.45, 2.75) is 32.9 Å². The molecule has 21 heavy (non-hydrogen) atoms. The van der Waals surface area contributed by atoms with Gasteiger partial charge >= 0.3 is 0 Å². The third-order valence-electron chi connectivity index (χ3n) is 3.49. The molecular formula is C16H22N2O3. The largest absolute Gasteiger partial charge is 0.496 e. The second kappa shape index (κ2) is 6.63. The number of hydrogen-bond acceptors (Lipinski definition) is 4. The SMILES string of the molecule is CCCn1ncc(OC)c1C(O)c1ccc(OC)c(C)c1. The Kier molecular flexibility index (Phi) is 4.85. The van der Waals surface area contributed by atoms with Crippen molar-refractivity contribution in [1.82, 2.24) is 9.78 Å². The van der Waals surface area contributed by atoms with Crippen LogP contribution in [0.5, 0.6) is 11.5 Å². The highest BCUT2D eigenvalue weighted by Gasteiger charge is 2.21. The lowest BCUT2D eigenvalue weighted by Gasteiger charge is -2.16. The Morgan fingerprint density at radius 1 is 1.24 bits per heavy atom. The van der Waals surface area contributed by atoms with Gasteiger partial charge in [0.25, 0.3) is 0 Å². The molecular weight excluding hydrogens is 268 g/mol. The van der Waals surface area contributed by atoms with Crippen molar-refractivity contribution in [2.75, 3.05) is 14.2 Å². The summed E-state index contributed by atoms with van der Waals surface area (Å²) < 4.78 is 12.4. The summed E-state index contributed by atoms with van der Waals surface area (Å²) in [6.07, 6.45) is 1.80. The fraction of sp³-hybridized carbons (Fsp3) is 0.438. The van der Waals surface area contributed by atoms with Gasteiger partial charge < -0.3 is 14.6 Å². The molecule has 0 saturated carbocycles. The van der Waals surface area contributed by atoms with E-state index in [-0.39, 0.29) is 0 Å². The molecule has 0 bridgehead atoms. The minimum atomic E-state index is -0.779. The highest BCUT2D eigenvalue weighted by Crippen LogP contribution is 2.32. The highest BCUT2D eigenvalue weighted by molar-refractivity contribution is 5.41. The zero-order chi connectivity index (χ0) is 15.4. The maximum atomic E-state index is 10.7. The van der Waals surface area contributed by atoms with Crippen molar-refractivity contribution < 1.29 is 14.6 Å². The molecule has 114 valence electrons. The van der Waals surface area contributed by atoms with Crippen LogP contribution in [0, 0.1) is 6.92 Å². The van der Waals surface area contributed by atoms with E-state index in [0.717, 1.165) is 29.8 Å². The molecule has 0 spiro atoms. The first-order valence-electron chi connectivity index (χ1n) is 7.04. The average Bonchev–Trinajstić information content (AvgIpc) is 2.89.